The number of β-amino-alcohol motifs (C(OH)–C–C–N with tert-alkyl or cyclic N) is 1. The molecule has 1 saturated heterocycles. The van der Waals surface area contributed by atoms with Gasteiger partial charge in [0.2, 0.25) is 0 Å². The molecule has 1 N–H and O–H groups in total. The smallest absolute Gasteiger partial charge is 0.0900 e. The average Bonchev–Trinajstić information content (AvgIpc) is 2.19. The van der Waals surface area contributed by atoms with E-state index in [2.05, 4.69) is 4.90 Å². The van der Waals surface area contributed by atoms with Crippen molar-refractivity contribution in [1.29, 1.82) is 0 Å². The van der Waals surface area contributed by atoms with Crippen molar-refractivity contribution in [1.82, 2.24) is 4.90 Å². The molecule has 1 rings (SSSR count). The molecule has 0 aromatic rings. The summed E-state index contributed by atoms with van der Waals surface area (Å²) < 4.78 is 16.4. The average molecular weight is 235 g/mol. The molecule has 1 atom stereocenters. The lowest BCUT2D eigenvalue weighted by Gasteiger charge is -2.28. The van der Waals surface area contributed by atoms with Crippen molar-refractivity contribution in [3.8, 4) is 0 Å². The van der Waals surface area contributed by atoms with Crippen LogP contribution in [0.15, 0.2) is 0 Å². The van der Waals surface area contributed by atoms with E-state index in [0.717, 1.165) is 24.6 Å². The maximum atomic E-state index is 11.1. The summed E-state index contributed by atoms with van der Waals surface area (Å²) in [5.41, 5.74) is 0. The summed E-state index contributed by atoms with van der Waals surface area (Å²) in [4.78, 5) is 2.15. The molecule has 90 valence electrons. The molecule has 15 heavy (non-hydrogen) atoms. The number of hydrogen-bond donors (Lipinski definition) is 1. The van der Waals surface area contributed by atoms with Crippen LogP contribution in [-0.2, 0) is 15.5 Å². The Labute approximate surface area is 94.1 Å². The minimum Gasteiger partial charge on any atom is -0.389 e. The van der Waals surface area contributed by atoms with Crippen LogP contribution >= 0.6 is 0 Å². The maximum Gasteiger partial charge on any atom is 0.0900 e. The van der Waals surface area contributed by atoms with E-state index in [-0.39, 0.29) is 6.10 Å². The lowest BCUT2D eigenvalue weighted by atomic mass is 10.3. The fraction of sp³-hybridized carbons (Fsp3) is 1.00. The van der Waals surface area contributed by atoms with Gasteiger partial charge in [-0.15, -0.1) is 0 Å². The van der Waals surface area contributed by atoms with Gasteiger partial charge in [-0.3, -0.25) is 9.11 Å². The van der Waals surface area contributed by atoms with Gasteiger partial charge in [0.25, 0.3) is 0 Å². The van der Waals surface area contributed by atoms with Crippen LogP contribution in [0, 0.1) is 0 Å². The molecule has 4 nitrogen and oxygen atoms in total. The summed E-state index contributed by atoms with van der Waals surface area (Å²) in [6.45, 7) is 6.57. The molecule has 0 saturated carbocycles. The van der Waals surface area contributed by atoms with Gasteiger partial charge in [0.15, 0.2) is 0 Å². The number of nitrogens with zero attached hydrogens (tertiary/aromatic N) is 1. The molecule has 1 aliphatic heterocycles. The minimum absolute atomic E-state index is 0.161. The van der Waals surface area contributed by atoms with Gasteiger partial charge in [0.05, 0.1) is 18.8 Å². The van der Waals surface area contributed by atoms with Crippen molar-refractivity contribution >= 4 is 10.8 Å². The molecular weight excluding hydrogens is 214 g/mol. The Hall–Kier alpha value is 0.0300. The third kappa shape index (κ3) is 5.61. The van der Waals surface area contributed by atoms with Crippen molar-refractivity contribution in [2.24, 2.45) is 0 Å². The van der Waals surface area contributed by atoms with E-state index >= 15 is 0 Å². The Morgan fingerprint density at radius 1 is 1.40 bits per heavy atom. The second-order valence-electron chi connectivity index (χ2n) is 4.18. The van der Waals surface area contributed by atoms with Crippen LogP contribution in [0.2, 0.25) is 0 Å². The van der Waals surface area contributed by atoms with E-state index in [4.69, 9.17) is 4.74 Å². The Kier molecular flexibility index (Phi) is 5.74. The molecule has 1 unspecified atom stereocenters. The van der Waals surface area contributed by atoms with E-state index < -0.39 is 16.9 Å². The first-order chi connectivity index (χ1) is 7.08. The predicted octanol–water partition coefficient (Wildman–Crippen LogP) is -0.163. The first-order valence-corrected chi connectivity index (χ1v) is 6.93. The van der Waals surface area contributed by atoms with Gasteiger partial charge in [-0.2, -0.15) is 0 Å². The molecule has 1 fully saturated rings. The molecule has 0 spiro atoms. The highest BCUT2D eigenvalue weighted by Crippen LogP contribution is 2.02. The van der Waals surface area contributed by atoms with Crippen molar-refractivity contribution in [3.63, 3.8) is 0 Å². The number of hydrogen-bond acceptors (Lipinski definition) is 4. The molecule has 1 heterocycles. The molecule has 0 bridgehead atoms. The first-order valence-electron chi connectivity index (χ1n) is 5.45. The summed E-state index contributed by atoms with van der Waals surface area (Å²) in [6.07, 6.45) is -0.271. The Balaban J connectivity index is 2.14. The molecule has 1 aliphatic rings. The van der Waals surface area contributed by atoms with Crippen LogP contribution in [0.5, 0.6) is 0 Å². The zero-order valence-corrected chi connectivity index (χ0v) is 10.3. The fourth-order valence-corrected chi connectivity index (χ4v) is 2.64. The second kappa shape index (κ2) is 6.58. The lowest BCUT2D eigenvalue weighted by molar-refractivity contribution is -0.00738. The van der Waals surface area contributed by atoms with E-state index in [1.807, 2.05) is 13.8 Å². The first kappa shape index (κ1) is 13.1. The monoisotopic (exact) mass is 235 g/mol. The normalized spacial score (nSPS) is 22.1. The number of aliphatic hydroxyl groups is 1. The molecular formula is C10H21NO3S. The van der Waals surface area contributed by atoms with Gasteiger partial charge in [0.1, 0.15) is 0 Å². The van der Waals surface area contributed by atoms with E-state index in [1.54, 1.807) is 0 Å². The standard InChI is InChI=1S/C10H21NO3S/c1-9(2)14-8-10(12)7-11-3-5-15(13)6-4-11/h9-10,12H,3-8H2,1-2H3. The van der Waals surface area contributed by atoms with Crippen LogP contribution in [0.25, 0.3) is 0 Å². The van der Waals surface area contributed by atoms with Crippen LogP contribution in [0.3, 0.4) is 0 Å². The molecule has 0 aliphatic carbocycles. The number of rotatable bonds is 5. The van der Waals surface area contributed by atoms with Gasteiger partial charge >= 0.3 is 0 Å². The maximum absolute atomic E-state index is 11.1. The molecule has 0 radical (unpaired) electrons. The quantitative estimate of drug-likeness (QED) is 0.719. The van der Waals surface area contributed by atoms with Gasteiger partial charge in [-0.1, -0.05) is 0 Å². The Bertz CT molecular complexity index is 201. The summed E-state index contributed by atoms with van der Waals surface area (Å²) >= 11 is 0. The summed E-state index contributed by atoms with van der Waals surface area (Å²) in [5, 5.41) is 9.67. The van der Waals surface area contributed by atoms with Gasteiger partial charge in [-0.25, -0.2) is 0 Å². The zero-order chi connectivity index (χ0) is 11.3. The third-order valence-corrected chi connectivity index (χ3v) is 3.64. The Morgan fingerprint density at radius 2 is 2.00 bits per heavy atom. The summed E-state index contributed by atoms with van der Waals surface area (Å²) in [5.74, 6) is 1.47. The highest BCUT2D eigenvalue weighted by molar-refractivity contribution is 7.85. The number of ether oxygens (including phenoxy) is 1. The van der Waals surface area contributed by atoms with Crippen LogP contribution in [-0.4, -0.2) is 64.2 Å². The molecule has 0 amide bonds. The lowest BCUT2D eigenvalue weighted by Crippen LogP contribution is -2.43. The summed E-state index contributed by atoms with van der Waals surface area (Å²) in [7, 11) is -0.641. The molecule has 5 heteroatoms. The van der Waals surface area contributed by atoms with E-state index in [1.165, 1.54) is 0 Å². The highest BCUT2D eigenvalue weighted by Gasteiger charge is 2.18. The SMILES string of the molecule is CC(C)OCC(O)CN1CCS(=O)CC1. The third-order valence-electron chi connectivity index (χ3n) is 2.36. The van der Waals surface area contributed by atoms with Crippen molar-refractivity contribution < 1.29 is 14.1 Å². The van der Waals surface area contributed by atoms with E-state index in [0.29, 0.717) is 13.2 Å². The summed E-state index contributed by atoms with van der Waals surface area (Å²) in [6, 6.07) is 0. The van der Waals surface area contributed by atoms with Crippen molar-refractivity contribution in [3.05, 3.63) is 0 Å². The van der Waals surface area contributed by atoms with Crippen molar-refractivity contribution in [2.45, 2.75) is 26.1 Å². The fourth-order valence-electron chi connectivity index (χ4n) is 1.51. The van der Waals surface area contributed by atoms with Crippen LogP contribution in [0.1, 0.15) is 13.8 Å². The van der Waals surface area contributed by atoms with Gasteiger partial charge in [-0.05, 0) is 13.8 Å². The van der Waals surface area contributed by atoms with E-state index in [9.17, 15) is 9.32 Å². The highest BCUT2D eigenvalue weighted by atomic mass is 32.2. The molecule has 0 aromatic carbocycles. The minimum atomic E-state index is -0.641. The predicted molar refractivity (Wildman–Crippen MR) is 61.4 cm³/mol. The van der Waals surface area contributed by atoms with Gasteiger partial charge in [0, 0.05) is 41.9 Å². The second-order valence-corrected chi connectivity index (χ2v) is 5.88. The molecule has 0 aromatic heterocycles. The topological polar surface area (TPSA) is 49.8 Å². The Morgan fingerprint density at radius 3 is 2.53 bits per heavy atom. The zero-order valence-electron chi connectivity index (χ0n) is 9.52. The van der Waals surface area contributed by atoms with Crippen molar-refractivity contribution in [2.75, 3.05) is 37.7 Å². The largest absolute Gasteiger partial charge is 0.389 e. The van der Waals surface area contributed by atoms with Crippen LogP contribution < -0.4 is 0 Å². The number of aliphatic hydroxyl groups excluding tert-OH is 1. The van der Waals surface area contributed by atoms with Gasteiger partial charge < -0.3 is 9.84 Å². The van der Waals surface area contributed by atoms with Crippen LogP contribution in [0.4, 0.5) is 0 Å².